The average molecular weight is 200 g/mol. The summed E-state index contributed by atoms with van der Waals surface area (Å²) >= 11 is 0. The number of hydrogen-bond acceptors (Lipinski definition) is 3. The maximum absolute atomic E-state index is 5.83. The van der Waals surface area contributed by atoms with Crippen molar-refractivity contribution in [1.29, 1.82) is 0 Å². The highest BCUT2D eigenvalue weighted by atomic mass is 16.5. The highest BCUT2D eigenvalue weighted by molar-refractivity contribution is 4.84. The van der Waals surface area contributed by atoms with Crippen LogP contribution in [-0.4, -0.2) is 43.8 Å². The first-order valence-corrected chi connectivity index (χ1v) is 5.69. The number of rotatable bonds is 5. The Kier molecular flexibility index (Phi) is 4.85. The minimum absolute atomic E-state index is 0.424. The lowest BCUT2D eigenvalue weighted by molar-refractivity contribution is 0.0940. The van der Waals surface area contributed by atoms with E-state index < -0.39 is 0 Å². The summed E-state index contributed by atoms with van der Waals surface area (Å²) in [6.07, 6.45) is 2.78. The molecule has 0 aromatic heterocycles. The second-order valence-corrected chi connectivity index (χ2v) is 4.33. The molecular weight excluding hydrogens is 176 g/mol. The van der Waals surface area contributed by atoms with Crippen molar-refractivity contribution in [2.75, 3.05) is 26.7 Å². The molecule has 3 atom stereocenters. The number of hydrogen-bond donors (Lipinski definition) is 1. The summed E-state index contributed by atoms with van der Waals surface area (Å²) in [5.41, 5.74) is 5.83. The van der Waals surface area contributed by atoms with E-state index in [1.54, 1.807) is 7.11 Å². The van der Waals surface area contributed by atoms with E-state index in [0.717, 1.165) is 26.1 Å². The van der Waals surface area contributed by atoms with Crippen molar-refractivity contribution in [2.45, 2.75) is 38.8 Å². The number of methoxy groups -OCH3 is 1. The van der Waals surface area contributed by atoms with Crippen LogP contribution >= 0.6 is 0 Å². The van der Waals surface area contributed by atoms with Crippen molar-refractivity contribution in [1.82, 2.24) is 4.90 Å². The molecule has 0 radical (unpaired) electrons. The van der Waals surface area contributed by atoms with Gasteiger partial charge < -0.3 is 10.5 Å². The molecule has 0 bridgehead atoms. The Balaban J connectivity index is 2.46. The summed E-state index contributed by atoms with van der Waals surface area (Å²) < 4.78 is 5.37. The molecule has 1 fully saturated rings. The molecule has 3 unspecified atom stereocenters. The van der Waals surface area contributed by atoms with Gasteiger partial charge in [0.05, 0.1) is 6.10 Å². The molecule has 3 nitrogen and oxygen atoms in total. The van der Waals surface area contributed by atoms with Gasteiger partial charge in [-0.15, -0.1) is 0 Å². The van der Waals surface area contributed by atoms with Crippen LogP contribution < -0.4 is 5.73 Å². The number of likely N-dealkylation sites (tertiary alicyclic amines) is 1. The number of ether oxygens (including phenoxy) is 1. The van der Waals surface area contributed by atoms with Gasteiger partial charge in [-0.25, -0.2) is 0 Å². The Bertz CT molecular complexity index is 163. The molecule has 1 aliphatic rings. The summed E-state index contributed by atoms with van der Waals surface area (Å²) in [4.78, 5) is 2.49. The fourth-order valence-electron chi connectivity index (χ4n) is 2.26. The van der Waals surface area contributed by atoms with Crippen molar-refractivity contribution in [3.63, 3.8) is 0 Å². The lowest BCUT2D eigenvalue weighted by Gasteiger charge is -2.31. The Morgan fingerprint density at radius 1 is 1.57 bits per heavy atom. The third-order valence-electron chi connectivity index (χ3n) is 3.52. The molecule has 1 heterocycles. The standard InChI is InChI=1S/C11H24N2O/c1-4-9(2)11(7-12)13-6-5-10(8-13)14-3/h9-11H,4-8,12H2,1-3H3. The van der Waals surface area contributed by atoms with Crippen LogP contribution in [0.4, 0.5) is 0 Å². The van der Waals surface area contributed by atoms with Crippen molar-refractivity contribution in [3.8, 4) is 0 Å². The van der Waals surface area contributed by atoms with Crippen LogP contribution in [0.5, 0.6) is 0 Å². The molecule has 0 aromatic carbocycles. The molecule has 1 aliphatic heterocycles. The van der Waals surface area contributed by atoms with Crippen LogP contribution in [-0.2, 0) is 4.74 Å². The summed E-state index contributed by atoms with van der Waals surface area (Å²) in [5.74, 6) is 0.690. The highest BCUT2D eigenvalue weighted by Gasteiger charge is 2.29. The molecule has 84 valence electrons. The summed E-state index contributed by atoms with van der Waals surface area (Å²) in [6.45, 7) is 7.49. The van der Waals surface area contributed by atoms with Gasteiger partial charge in [0, 0.05) is 32.8 Å². The van der Waals surface area contributed by atoms with Crippen LogP contribution in [0, 0.1) is 5.92 Å². The minimum Gasteiger partial charge on any atom is -0.380 e. The van der Waals surface area contributed by atoms with E-state index in [4.69, 9.17) is 10.5 Å². The number of nitrogens with two attached hydrogens (primary N) is 1. The molecular formula is C11H24N2O. The topological polar surface area (TPSA) is 38.5 Å². The van der Waals surface area contributed by atoms with Gasteiger partial charge in [-0.3, -0.25) is 4.90 Å². The Morgan fingerprint density at radius 2 is 2.29 bits per heavy atom. The lowest BCUT2D eigenvalue weighted by atomic mass is 9.98. The second kappa shape index (κ2) is 5.69. The van der Waals surface area contributed by atoms with Gasteiger partial charge in [-0.2, -0.15) is 0 Å². The average Bonchev–Trinajstić information content (AvgIpc) is 2.67. The van der Waals surface area contributed by atoms with Gasteiger partial charge in [0.25, 0.3) is 0 Å². The molecule has 0 spiro atoms. The SMILES string of the molecule is CCC(C)C(CN)N1CCC(OC)C1. The van der Waals surface area contributed by atoms with Crippen molar-refractivity contribution in [2.24, 2.45) is 11.7 Å². The van der Waals surface area contributed by atoms with E-state index in [1.807, 2.05) is 0 Å². The maximum Gasteiger partial charge on any atom is 0.0710 e. The molecule has 0 aromatic rings. The molecule has 3 heteroatoms. The summed E-state index contributed by atoms with van der Waals surface area (Å²) in [5, 5.41) is 0. The fraction of sp³-hybridized carbons (Fsp3) is 1.00. The van der Waals surface area contributed by atoms with E-state index in [0.29, 0.717) is 18.1 Å². The predicted molar refractivity (Wildman–Crippen MR) is 59.3 cm³/mol. The molecule has 14 heavy (non-hydrogen) atoms. The Morgan fingerprint density at radius 3 is 2.71 bits per heavy atom. The van der Waals surface area contributed by atoms with Gasteiger partial charge >= 0.3 is 0 Å². The van der Waals surface area contributed by atoms with Gasteiger partial charge in [0.2, 0.25) is 0 Å². The molecule has 1 rings (SSSR count). The van der Waals surface area contributed by atoms with E-state index in [1.165, 1.54) is 6.42 Å². The Labute approximate surface area is 87.6 Å². The largest absolute Gasteiger partial charge is 0.380 e. The van der Waals surface area contributed by atoms with Crippen LogP contribution in [0.3, 0.4) is 0 Å². The predicted octanol–water partition coefficient (Wildman–Crippen LogP) is 1.08. The monoisotopic (exact) mass is 200 g/mol. The van der Waals surface area contributed by atoms with E-state index in [2.05, 4.69) is 18.7 Å². The van der Waals surface area contributed by atoms with Gasteiger partial charge in [-0.1, -0.05) is 20.3 Å². The molecule has 0 amide bonds. The lowest BCUT2D eigenvalue weighted by Crippen LogP contribution is -2.43. The first-order chi connectivity index (χ1) is 6.72. The van der Waals surface area contributed by atoms with E-state index in [9.17, 15) is 0 Å². The zero-order valence-corrected chi connectivity index (χ0v) is 9.70. The normalized spacial score (nSPS) is 27.9. The van der Waals surface area contributed by atoms with E-state index in [-0.39, 0.29) is 0 Å². The third kappa shape index (κ3) is 2.69. The smallest absolute Gasteiger partial charge is 0.0710 e. The quantitative estimate of drug-likeness (QED) is 0.722. The number of nitrogens with zero attached hydrogens (tertiary/aromatic N) is 1. The van der Waals surface area contributed by atoms with Gasteiger partial charge in [-0.05, 0) is 12.3 Å². The van der Waals surface area contributed by atoms with Crippen LogP contribution in [0.15, 0.2) is 0 Å². The van der Waals surface area contributed by atoms with E-state index >= 15 is 0 Å². The van der Waals surface area contributed by atoms with Crippen LogP contribution in [0.1, 0.15) is 26.7 Å². The fourth-order valence-corrected chi connectivity index (χ4v) is 2.26. The highest BCUT2D eigenvalue weighted by Crippen LogP contribution is 2.20. The van der Waals surface area contributed by atoms with Gasteiger partial charge in [0.1, 0.15) is 0 Å². The van der Waals surface area contributed by atoms with Crippen molar-refractivity contribution < 1.29 is 4.74 Å². The summed E-state index contributed by atoms with van der Waals surface area (Å²) in [6, 6.07) is 0.542. The minimum atomic E-state index is 0.424. The first kappa shape index (κ1) is 12.0. The second-order valence-electron chi connectivity index (χ2n) is 4.33. The van der Waals surface area contributed by atoms with Gasteiger partial charge in [0.15, 0.2) is 0 Å². The van der Waals surface area contributed by atoms with Crippen LogP contribution in [0.25, 0.3) is 0 Å². The van der Waals surface area contributed by atoms with Crippen molar-refractivity contribution >= 4 is 0 Å². The maximum atomic E-state index is 5.83. The van der Waals surface area contributed by atoms with Crippen LogP contribution in [0.2, 0.25) is 0 Å². The summed E-state index contributed by atoms with van der Waals surface area (Å²) in [7, 11) is 1.80. The first-order valence-electron chi connectivity index (χ1n) is 5.69. The van der Waals surface area contributed by atoms with Crippen molar-refractivity contribution in [3.05, 3.63) is 0 Å². The molecule has 0 aliphatic carbocycles. The Hall–Kier alpha value is -0.120. The molecule has 1 saturated heterocycles. The zero-order valence-electron chi connectivity index (χ0n) is 9.70. The third-order valence-corrected chi connectivity index (χ3v) is 3.52. The molecule has 0 saturated carbocycles. The zero-order chi connectivity index (χ0) is 10.6. The molecule has 2 N–H and O–H groups in total.